The molecule has 0 aliphatic heterocycles. The van der Waals surface area contributed by atoms with E-state index in [9.17, 15) is 31.1 Å². The van der Waals surface area contributed by atoms with Crippen LogP contribution in [0.5, 0.6) is 0 Å². The first-order valence-electron chi connectivity index (χ1n) is 8.68. The van der Waals surface area contributed by atoms with Crippen LogP contribution in [0.3, 0.4) is 0 Å². The highest BCUT2D eigenvalue weighted by Gasteiger charge is 2.42. The van der Waals surface area contributed by atoms with Crippen molar-refractivity contribution >= 4 is 11.8 Å². The summed E-state index contributed by atoms with van der Waals surface area (Å²) < 4.78 is 82.5. The van der Waals surface area contributed by atoms with Crippen molar-refractivity contribution in [1.29, 1.82) is 0 Å². The molecule has 1 atom stereocenters. The Morgan fingerprint density at radius 3 is 2.26 bits per heavy atom. The average Bonchev–Trinajstić information content (AvgIpc) is 2.74. The first-order chi connectivity index (χ1) is 14.6. The number of hydrogen-bond donors (Lipinski definition) is 1. The molecule has 5 nitrogen and oxygen atoms in total. The lowest BCUT2D eigenvalue weighted by molar-refractivity contribution is -0.204. The summed E-state index contributed by atoms with van der Waals surface area (Å²) in [5.74, 6) is -6.74. The molecule has 0 saturated carbocycles. The molecule has 162 valence electrons. The van der Waals surface area contributed by atoms with Gasteiger partial charge in [0.15, 0.2) is 17.5 Å². The molecule has 0 unspecified atom stereocenters. The Bertz CT molecular complexity index is 1050. The van der Waals surface area contributed by atoms with Crippen molar-refractivity contribution in [2.75, 3.05) is 11.9 Å². The predicted octanol–water partition coefficient (Wildman–Crippen LogP) is 4.82. The van der Waals surface area contributed by atoms with Crippen molar-refractivity contribution in [1.82, 2.24) is 9.97 Å². The van der Waals surface area contributed by atoms with Gasteiger partial charge in [-0.3, -0.25) is 0 Å². The lowest BCUT2D eigenvalue weighted by Gasteiger charge is -2.20. The van der Waals surface area contributed by atoms with Gasteiger partial charge in [-0.15, -0.1) is 0 Å². The van der Waals surface area contributed by atoms with Crippen molar-refractivity contribution in [2.45, 2.75) is 12.3 Å². The van der Waals surface area contributed by atoms with Crippen LogP contribution < -0.4 is 5.32 Å². The topological polar surface area (TPSA) is 64.1 Å². The highest BCUT2D eigenvalue weighted by Crippen LogP contribution is 2.26. The number of halogens is 6. The number of hydrogen-bond acceptors (Lipinski definition) is 5. The first kappa shape index (κ1) is 22.1. The third kappa shape index (κ3) is 5.50. The Labute approximate surface area is 171 Å². The summed E-state index contributed by atoms with van der Waals surface area (Å²) in [5, 5.41) is 2.69. The van der Waals surface area contributed by atoms with Gasteiger partial charge in [0.05, 0.1) is 12.2 Å². The number of carbonyl (C=O) groups is 1. The molecule has 0 aliphatic rings. The first-order valence-corrected chi connectivity index (χ1v) is 8.68. The van der Waals surface area contributed by atoms with Crippen molar-refractivity contribution < 1.29 is 35.9 Å². The van der Waals surface area contributed by atoms with Crippen LogP contribution in [-0.2, 0) is 9.53 Å². The summed E-state index contributed by atoms with van der Waals surface area (Å²) in [5.41, 5.74) is 0.244. The Hall–Kier alpha value is -3.63. The molecule has 11 heteroatoms. The third-order valence-electron chi connectivity index (χ3n) is 4.07. The van der Waals surface area contributed by atoms with E-state index in [4.69, 9.17) is 0 Å². The minimum atomic E-state index is -5.17. The molecule has 0 bridgehead atoms. The average molecular weight is 441 g/mol. The second-order valence-corrected chi connectivity index (χ2v) is 6.23. The Kier molecular flexibility index (Phi) is 6.42. The summed E-state index contributed by atoms with van der Waals surface area (Å²) in [6, 6.07) is 10.4. The molecule has 0 aliphatic carbocycles. The molecular weight excluding hydrogens is 428 g/mol. The van der Waals surface area contributed by atoms with E-state index in [1.54, 1.807) is 18.2 Å². The van der Waals surface area contributed by atoms with E-state index in [1.807, 2.05) is 0 Å². The van der Waals surface area contributed by atoms with Crippen LogP contribution in [0.2, 0.25) is 0 Å². The largest absolute Gasteiger partial charge is 0.490 e. The van der Waals surface area contributed by atoms with Gasteiger partial charge in [0.1, 0.15) is 18.2 Å². The van der Waals surface area contributed by atoms with Crippen LogP contribution in [0, 0.1) is 17.5 Å². The van der Waals surface area contributed by atoms with Crippen molar-refractivity contribution in [3.8, 4) is 11.3 Å². The van der Waals surface area contributed by atoms with Crippen LogP contribution in [0.4, 0.5) is 32.2 Å². The van der Waals surface area contributed by atoms with E-state index >= 15 is 0 Å². The quantitative estimate of drug-likeness (QED) is 0.338. The van der Waals surface area contributed by atoms with Crippen LogP contribution in [0.1, 0.15) is 11.7 Å². The molecule has 0 radical (unpaired) electrons. The van der Waals surface area contributed by atoms with E-state index in [0.717, 1.165) is 18.5 Å². The highest BCUT2D eigenvalue weighted by molar-refractivity contribution is 5.76. The van der Waals surface area contributed by atoms with Gasteiger partial charge >= 0.3 is 12.1 Å². The maximum atomic E-state index is 13.5. The molecule has 0 saturated heterocycles. The normalized spacial score (nSPS) is 12.3. The predicted molar refractivity (Wildman–Crippen MR) is 97.2 cm³/mol. The number of nitrogens with zero attached hydrogens (tertiary/aromatic N) is 2. The van der Waals surface area contributed by atoms with Gasteiger partial charge in [-0.05, 0) is 17.7 Å². The number of esters is 1. The number of carbonyl (C=O) groups excluding carboxylic acids is 1. The summed E-state index contributed by atoms with van der Waals surface area (Å²) in [6.07, 6.45) is -5.45. The number of anilines is 1. The maximum Gasteiger partial charge on any atom is 0.490 e. The van der Waals surface area contributed by atoms with E-state index in [2.05, 4.69) is 20.0 Å². The molecule has 3 aromatic rings. The standard InChI is InChI=1S/C20H13F6N3O2/c21-13-6-12(7-14(22)18(13)23)15-8-17(29-10-28-15)27-9-16(11-4-2-1-3-5-11)31-19(30)20(24,25)26/h1-8,10,16H,9H2,(H,27,28,29)/t16-/m0/s1. The Balaban J connectivity index is 1.80. The zero-order valence-electron chi connectivity index (χ0n) is 15.5. The second-order valence-electron chi connectivity index (χ2n) is 6.23. The van der Waals surface area contributed by atoms with Crippen molar-refractivity contribution in [3.05, 3.63) is 77.9 Å². The highest BCUT2D eigenvalue weighted by atomic mass is 19.4. The number of ether oxygens (including phenoxy) is 1. The van der Waals surface area contributed by atoms with Crippen LogP contribution >= 0.6 is 0 Å². The maximum absolute atomic E-state index is 13.5. The van der Waals surface area contributed by atoms with Gasteiger partial charge in [0, 0.05) is 11.6 Å². The molecular formula is C20H13F6N3O2. The Morgan fingerprint density at radius 2 is 1.65 bits per heavy atom. The molecule has 0 amide bonds. The number of alkyl halides is 3. The van der Waals surface area contributed by atoms with Gasteiger partial charge in [-0.2, -0.15) is 13.2 Å². The second kappa shape index (κ2) is 9.02. The number of aromatic nitrogens is 2. The summed E-state index contributed by atoms with van der Waals surface area (Å²) in [4.78, 5) is 19.0. The van der Waals surface area contributed by atoms with E-state index in [1.165, 1.54) is 18.2 Å². The number of rotatable bonds is 6. The lowest BCUT2D eigenvalue weighted by Crippen LogP contribution is -2.29. The zero-order chi connectivity index (χ0) is 22.6. The Morgan fingerprint density at radius 1 is 1.00 bits per heavy atom. The van der Waals surface area contributed by atoms with Gasteiger partial charge in [0.25, 0.3) is 0 Å². The SMILES string of the molecule is O=C(O[C@@H](CNc1cc(-c2cc(F)c(F)c(F)c2)ncn1)c1ccccc1)C(F)(F)F. The minimum Gasteiger partial charge on any atom is -0.449 e. The summed E-state index contributed by atoms with van der Waals surface area (Å²) >= 11 is 0. The molecule has 0 fully saturated rings. The van der Waals surface area contributed by atoms with Crippen LogP contribution in [0.15, 0.2) is 54.9 Å². The molecule has 1 heterocycles. The summed E-state index contributed by atoms with van der Waals surface area (Å²) in [7, 11) is 0. The van der Waals surface area contributed by atoms with E-state index in [-0.39, 0.29) is 23.6 Å². The number of benzene rings is 2. The van der Waals surface area contributed by atoms with Crippen LogP contribution in [0.25, 0.3) is 11.3 Å². The van der Waals surface area contributed by atoms with E-state index < -0.39 is 35.7 Å². The molecule has 2 aromatic carbocycles. The van der Waals surface area contributed by atoms with Gasteiger partial charge < -0.3 is 10.1 Å². The van der Waals surface area contributed by atoms with Crippen molar-refractivity contribution in [2.24, 2.45) is 0 Å². The third-order valence-corrected chi connectivity index (χ3v) is 4.07. The van der Waals surface area contributed by atoms with Crippen molar-refractivity contribution in [3.63, 3.8) is 0 Å². The smallest absolute Gasteiger partial charge is 0.449 e. The molecule has 0 spiro atoms. The van der Waals surface area contributed by atoms with Gasteiger partial charge in [-0.1, -0.05) is 30.3 Å². The molecule has 1 N–H and O–H groups in total. The zero-order valence-corrected chi connectivity index (χ0v) is 15.5. The fourth-order valence-electron chi connectivity index (χ4n) is 2.60. The van der Waals surface area contributed by atoms with Gasteiger partial charge in [-0.25, -0.2) is 27.9 Å². The van der Waals surface area contributed by atoms with E-state index in [0.29, 0.717) is 5.56 Å². The fraction of sp³-hybridized carbons (Fsp3) is 0.150. The monoisotopic (exact) mass is 441 g/mol. The minimum absolute atomic E-state index is 0.0267. The van der Waals surface area contributed by atoms with Crippen LogP contribution in [-0.4, -0.2) is 28.7 Å². The molecule has 3 rings (SSSR count). The molecule has 1 aromatic heterocycles. The molecule has 31 heavy (non-hydrogen) atoms. The van der Waals surface area contributed by atoms with Gasteiger partial charge in [0.2, 0.25) is 0 Å². The lowest BCUT2D eigenvalue weighted by atomic mass is 10.1. The summed E-state index contributed by atoms with van der Waals surface area (Å²) in [6.45, 7) is -0.297. The number of nitrogens with one attached hydrogen (secondary N) is 1. The fourth-order valence-corrected chi connectivity index (χ4v) is 2.60.